The Morgan fingerprint density at radius 3 is 2.90 bits per heavy atom. The summed E-state index contributed by atoms with van der Waals surface area (Å²) in [6.45, 7) is 1.000. The van der Waals surface area contributed by atoms with Crippen LogP contribution in [0.15, 0.2) is 11.9 Å². The van der Waals surface area contributed by atoms with Crippen LogP contribution in [0.25, 0.3) is 0 Å². The lowest BCUT2D eigenvalue weighted by Gasteiger charge is -2.07. The van der Waals surface area contributed by atoms with E-state index in [1.54, 1.807) is 0 Å². The van der Waals surface area contributed by atoms with Crippen LogP contribution >= 0.6 is 0 Å². The quantitative estimate of drug-likeness (QED) is 0.410. The van der Waals surface area contributed by atoms with Crippen molar-refractivity contribution >= 4 is 0 Å². The first-order valence-electron chi connectivity index (χ1n) is 3.46. The molecule has 1 saturated heterocycles. The van der Waals surface area contributed by atoms with Gasteiger partial charge < -0.3 is 5.32 Å². The number of nitrogens with two attached hydrogens (primary N) is 1. The van der Waals surface area contributed by atoms with E-state index in [9.17, 15) is 10.1 Å². The van der Waals surface area contributed by atoms with Crippen molar-refractivity contribution in [3.63, 3.8) is 0 Å². The highest BCUT2D eigenvalue weighted by Crippen LogP contribution is 2.03. The lowest BCUT2D eigenvalue weighted by atomic mass is 10.1. The molecule has 1 heterocycles. The first kappa shape index (κ1) is 7.21. The summed E-state index contributed by atoms with van der Waals surface area (Å²) in [5, 5.41) is 11.9. The summed E-state index contributed by atoms with van der Waals surface area (Å²) in [6, 6.07) is 0. The van der Waals surface area contributed by atoms with E-state index in [0.29, 0.717) is 0 Å². The summed E-state index contributed by atoms with van der Waals surface area (Å²) in [6.07, 6.45) is 4.26. The summed E-state index contributed by atoms with van der Waals surface area (Å²) in [5.41, 5.74) is 0.885. The molecule has 0 bridgehead atoms. The van der Waals surface area contributed by atoms with Gasteiger partial charge in [-0.2, -0.15) is 0 Å². The number of quaternary nitrogens is 1. The van der Waals surface area contributed by atoms with E-state index in [1.807, 2.05) is 5.32 Å². The Labute approximate surface area is 59.1 Å². The Morgan fingerprint density at radius 2 is 2.40 bits per heavy atom. The molecule has 1 aliphatic heterocycles. The van der Waals surface area contributed by atoms with Crippen LogP contribution in [0.3, 0.4) is 0 Å². The molecule has 0 spiro atoms. The molecule has 2 N–H and O–H groups in total. The van der Waals surface area contributed by atoms with Crippen molar-refractivity contribution in [2.45, 2.75) is 19.3 Å². The number of nitrogens with zero attached hydrogens (tertiary/aromatic N) is 1. The molecule has 0 aromatic carbocycles. The molecule has 1 aliphatic rings. The van der Waals surface area contributed by atoms with E-state index in [1.165, 1.54) is 6.42 Å². The van der Waals surface area contributed by atoms with E-state index in [4.69, 9.17) is 0 Å². The molecule has 0 saturated carbocycles. The zero-order valence-corrected chi connectivity index (χ0v) is 5.75. The lowest BCUT2D eigenvalue weighted by molar-refractivity contribution is -0.622. The average Bonchev–Trinajstić information content (AvgIpc) is 1.88. The monoisotopic (exact) mass is 143 g/mol. The van der Waals surface area contributed by atoms with Crippen LogP contribution in [0.5, 0.6) is 0 Å². The van der Waals surface area contributed by atoms with Gasteiger partial charge in [-0.25, -0.2) is 0 Å². The number of hydrogen-bond donors (Lipinski definition) is 1. The SMILES string of the molecule is O=[N+]([O-])/C=C1\CCCC[NH2+]1. The van der Waals surface area contributed by atoms with E-state index < -0.39 is 0 Å². The van der Waals surface area contributed by atoms with Crippen LogP contribution in [-0.2, 0) is 0 Å². The Balaban J connectivity index is 2.45. The van der Waals surface area contributed by atoms with Crippen molar-refractivity contribution in [3.8, 4) is 0 Å². The summed E-state index contributed by atoms with van der Waals surface area (Å²) >= 11 is 0. The minimum Gasteiger partial charge on any atom is -0.312 e. The number of rotatable bonds is 1. The molecule has 0 aromatic rings. The maximum Gasteiger partial charge on any atom is 0.289 e. The second kappa shape index (κ2) is 3.31. The van der Waals surface area contributed by atoms with Gasteiger partial charge in [-0.15, -0.1) is 0 Å². The van der Waals surface area contributed by atoms with Gasteiger partial charge in [0.15, 0.2) is 5.70 Å². The molecule has 0 aromatic heterocycles. The van der Waals surface area contributed by atoms with Crippen molar-refractivity contribution in [1.29, 1.82) is 0 Å². The van der Waals surface area contributed by atoms with Gasteiger partial charge in [0.1, 0.15) is 0 Å². The zero-order valence-electron chi connectivity index (χ0n) is 5.75. The second-order valence-electron chi connectivity index (χ2n) is 2.44. The van der Waals surface area contributed by atoms with E-state index >= 15 is 0 Å². The number of piperidine rings is 1. The highest BCUT2D eigenvalue weighted by Gasteiger charge is 2.11. The zero-order chi connectivity index (χ0) is 7.40. The van der Waals surface area contributed by atoms with Gasteiger partial charge in [0.2, 0.25) is 0 Å². The highest BCUT2D eigenvalue weighted by atomic mass is 16.6. The minimum absolute atomic E-state index is 0.378. The summed E-state index contributed by atoms with van der Waals surface area (Å²) < 4.78 is 0. The molecule has 0 amide bonds. The first-order chi connectivity index (χ1) is 4.79. The van der Waals surface area contributed by atoms with E-state index in [-0.39, 0.29) is 4.92 Å². The summed E-state index contributed by atoms with van der Waals surface area (Å²) in [7, 11) is 0. The molecule has 0 atom stereocenters. The molecule has 1 fully saturated rings. The van der Waals surface area contributed by atoms with Gasteiger partial charge in [-0.3, -0.25) is 10.1 Å². The molecule has 4 heteroatoms. The van der Waals surface area contributed by atoms with Gasteiger partial charge in [-0.05, 0) is 12.8 Å². The van der Waals surface area contributed by atoms with Gasteiger partial charge in [0.05, 0.1) is 11.5 Å². The van der Waals surface area contributed by atoms with Crippen LogP contribution in [-0.4, -0.2) is 11.5 Å². The Bertz CT molecular complexity index is 157. The topological polar surface area (TPSA) is 59.8 Å². The van der Waals surface area contributed by atoms with Crippen molar-refractivity contribution in [2.24, 2.45) is 0 Å². The van der Waals surface area contributed by atoms with Crippen LogP contribution in [0.4, 0.5) is 0 Å². The number of allylic oxidation sites excluding steroid dienone is 1. The predicted octanol–water partition coefficient (Wildman–Crippen LogP) is -0.148. The van der Waals surface area contributed by atoms with Crippen LogP contribution in [0.2, 0.25) is 0 Å². The number of nitro groups is 1. The predicted molar refractivity (Wildman–Crippen MR) is 35.7 cm³/mol. The molecular weight excluding hydrogens is 132 g/mol. The third-order valence-electron chi connectivity index (χ3n) is 1.60. The Kier molecular flexibility index (Phi) is 2.39. The maximum atomic E-state index is 9.98. The third kappa shape index (κ3) is 2.14. The van der Waals surface area contributed by atoms with Crippen molar-refractivity contribution in [3.05, 3.63) is 22.0 Å². The van der Waals surface area contributed by atoms with Gasteiger partial charge in [0.25, 0.3) is 6.20 Å². The molecule has 0 aliphatic carbocycles. The van der Waals surface area contributed by atoms with Crippen LogP contribution in [0, 0.1) is 10.1 Å². The molecule has 0 unspecified atom stereocenters. The van der Waals surface area contributed by atoms with E-state index in [0.717, 1.165) is 31.3 Å². The highest BCUT2D eigenvalue weighted by molar-refractivity contribution is 4.84. The Morgan fingerprint density at radius 1 is 1.60 bits per heavy atom. The van der Waals surface area contributed by atoms with Gasteiger partial charge >= 0.3 is 0 Å². The first-order valence-corrected chi connectivity index (χ1v) is 3.46. The van der Waals surface area contributed by atoms with E-state index in [2.05, 4.69) is 0 Å². The molecule has 1 rings (SSSR count). The summed E-state index contributed by atoms with van der Waals surface area (Å²) in [5.74, 6) is 0. The van der Waals surface area contributed by atoms with Gasteiger partial charge in [0, 0.05) is 6.42 Å². The van der Waals surface area contributed by atoms with Crippen molar-refractivity contribution < 1.29 is 10.2 Å². The molecule has 0 radical (unpaired) electrons. The molecule has 10 heavy (non-hydrogen) atoms. The fourth-order valence-electron chi connectivity index (χ4n) is 1.12. The standard InChI is InChI=1S/C6H10N2O2/c9-8(10)5-6-3-1-2-4-7-6/h5,7H,1-4H2/p+1/b6-5+. The minimum atomic E-state index is -0.378. The van der Waals surface area contributed by atoms with Crippen LogP contribution in [0.1, 0.15) is 19.3 Å². The third-order valence-corrected chi connectivity index (χ3v) is 1.60. The van der Waals surface area contributed by atoms with Crippen molar-refractivity contribution in [2.75, 3.05) is 6.54 Å². The number of hydrogen-bond acceptors (Lipinski definition) is 2. The maximum absolute atomic E-state index is 9.98. The fourth-order valence-corrected chi connectivity index (χ4v) is 1.12. The largest absolute Gasteiger partial charge is 0.312 e. The smallest absolute Gasteiger partial charge is 0.289 e. The lowest BCUT2D eigenvalue weighted by Crippen LogP contribution is -2.83. The summed E-state index contributed by atoms with van der Waals surface area (Å²) in [4.78, 5) is 9.60. The second-order valence-corrected chi connectivity index (χ2v) is 2.44. The van der Waals surface area contributed by atoms with Crippen LogP contribution < -0.4 is 5.32 Å². The average molecular weight is 143 g/mol. The Hall–Kier alpha value is -0.900. The van der Waals surface area contributed by atoms with Crippen molar-refractivity contribution in [1.82, 2.24) is 0 Å². The fraction of sp³-hybridized carbons (Fsp3) is 0.667. The molecular formula is C6H11N2O2+. The van der Waals surface area contributed by atoms with Gasteiger partial charge in [-0.1, -0.05) is 0 Å². The molecule has 56 valence electrons. The molecule has 4 nitrogen and oxygen atoms in total. The normalized spacial score (nSPS) is 23.0.